The molecule has 0 aromatic heterocycles. The number of hydrogen-bond acceptors (Lipinski definition) is 6. The Morgan fingerprint density at radius 2 is 1.78 bits per heavy atom. The maximum Gasteiger partial charge on any atom is 0.183 e. The number of sulfone groups is 2. The van der Waals surface area contributed by atoms with Crippen molar-refractivity contribution in [2.75, 3.05) is 38.7 Å². The van der Waals surface area contributed by atoms with E-state index in [0.29, 0.717) is 13.1 Å². The van der Waals surface area contributed by atoms with Crippen molar-refractivity contribution in [3.05, 3.63) is 29.8 Å². The number of likely N-dealkylation sites (N-methyl/N-ethyl adjacent to an activating group) is 1. The summed E-state index contributed by atoms with van der Waals surface area (Å²) in [5, 5.41) is 2.17. The summed E-state index contributed by atoms with van der Waals surface area (Å²) in [7, 11) is -3.21. The lowest BCUT2D eigenvalue weighted by Gasteiger charge is -2.21. The van der Waals surface area contributed by atoms with E-state index in [1.54, 1.807) is 24.3 Å². The second kappa shape index (κ2) is 6.88. The highest BCUT2D eigenvalue weighted by molar-refractivity contribution is 7.96. The molecule has 1 aromatic carbocycles. The van der Waals surface area contributed by atoms with Gasteiger partial charge in [-0.3, -0.25) is 0 Å². The molecule has 0 saturated carbocycles. The zero-order valence-corrected chi connectivity index (χ0v) is 15.3. The molecule has 0 amide bonds. The van der Waals surface area contributed by atoms with Gasteiger partial charge in [0.1, 0.15) is 0 Å². The minimum absolute atomic E-state index is 0.129. The third kappa shape index (κ3) is 4.53. The van der Waals surface area contributed by atoms with Gasteiger partial charge in [-0.05, 0) is 33.2 Å². The molecule has 2 rings (SSSR count). The zero-order valence-electron chi connectivity index (χ0n) is 13.7. The van der Waals surface area contributed by atoms with Gasteiger partial charge in [-0.25, -0.2) is 16.8 Å². The molecule has 23 heavy (non-hydrogen) atoms. The first kappa shape index (κ1) is 18.4. The van der Waals surface area contributed by atoms with E-state index in [2.05, 4.69) is 5.32 Å². The molecule has 1 heterocycles. The Morgan fingerprint density at radius 3 is 2.35 bits per heavy atom. The highest BCUT2D eigenvalue weighted by atomic mass is 32.2. The molecular weight excluding hydrogens is 336 g/mol. The molecule has 2 atom stereocenters. The standard InChI is InChI=1S/C15H24N2O4S2/c1-12-4-6-13(7-5-12)23(20,21)15-11-22(18,19)10-14(15)16-8-9-17(2)3/h4-7,14-16H,8-11H2,1-3H3/t14-,15-/m1/s1. The largest absolute Gasteiger partial charge is 0.310 e. The van der Waals surface area contributed by atoms with Crippen LogP contribution in [0.2, 0.25) is 0 Å². The van der Waals surface area contributed by atoms with Gasteiger partial charge in [-0.2, -0.15) is 0 Å². The molecule has 1 aromatic rings. The van der Waals surface area contributed by atoms with Crippen LogP contribution in [0.4, 0.5) is 0 Å². The molecule has 0 unspecified atom stereocenters. The number of nitrogens with one attached hydrogen (secondary N) is 1. The third-order valence-corrected chi connectivity index (χ3v) is 8.18. The molecule has 0 spiro atoms. The van der Waals surface area contributed by atoms with Crippen LogP contribution in [0.25, 0.3) is 0 Å². The smallest absolute Gasteiger partial charge is 0.183 e. The average Bonchev–Trinajstić information content (AvgIpc) is 2.75. The van der Waals surface area contributed by atoms with Gasteiger partial charge in [0.05, 0.1) is 21.7 Å². The van der Waals surface area contributed by atoms with Gasteiger partial charge in [0.2, 0.25) is 0 Å². The van der Waals surface area contributed by atoms with Crippen LogP contribution in [0, 0.1) is 6.92 Å². The van der Waals surface area contributed by atoms with Crippen LogP contribution >= 0.6 is 0 Å². The Morgan fingerprint density at radius 1 is 1.17 bits per heavy atom. The summed E-state index contributed by atoms with van der Waals surface area (Å²) in [6.07, 6.45) is 0. The van der Waals surface area contributed by atoms with Gasteiger partial charge >= 0.3 is 0 Å². The lowest BCUT2D eigenvalue weighted by Crippen LogP contribution is -2.45. The molecule has 1 fully saturated rings. The van der Waals surface area contributed by atoms with Gasteiger partial charge in [0, 0.05) is 19.1 Å². The van der Waals surface area contributed by atoms with E-state index in [9.17, 15) is 16.8 Å². The van der Waals surface area contributed by atoms with Crippen LogP contribution in [0.1, 0.15) is 5.56 Å². The van der Waals surface area contributed by atoms with Crippen LogP contribution in [-0.2, 0) is 19.7 Å². The molecule has 0 aliphatic carbocycles. The van der Waals surface area contributed by atoms with Gasteiger partial charge in [0.25, 0.3) is 0 Å². The summed E-state index contributed by atoms with van der Waals surface area (Å²) in [6, 6.07) is 5.99. The first-order chi connectivity index (χ1) is 10.6. The van der Waals surface area contributed by atoms with Crippen molar-refractivity contribution < 1.29 is 16.8 Å². The molecule has 0 bridgehead atoms. The van der Waals surface area contributed by atoms with Crippen molar-refractivity contribution in [3.8, 4) is 0 Å². The summed E-state index contributed by atoms with van der Waals surface area (Å²) in [5.41, 5.74) is 0.962. The molecule has 1 aliphatic rings. The minimum Gasteiger partial charge on any atom is -0.310 e. The maximum atomic E-state index is 12.8. The van der Waals surface area contributed by atoms with Gasteiger partial charge < -0.3 is 10.2 Å². The SMILES string of the molecule is Cc1ccc(S(=O)(=O)[C@@H]2CS(=O)(=O)C[C@H]2NCCN(C)C)cc1. The molecule has 1 N–H and O–H groups in total. The Labute approximate surface area is 138 Å². The van der Waals surface area contributed by atoms with E-state index >= 15 is 0 Å². The summed E-state index contributed by atoms with van der Waals surface area (Å²) < 4.78 is 49.6. The molecule has 1 saturated heterocycles. The van der Waals surface area contributed by atoms with Crippen molar-refractivity contribution in [2.24, 2.45) is 0 Å². The Hall–Kier alpha value is -0.960. The number of nitrogens with zero attached hydrogens (tertiary/aromatic N) is 1. The molecule has 0 radical (unpaired) electrons. The van der Waals surface area contributed by atoms with Crippen LogP contribution in [0.3, 0.4) is 0 Å². The first-order valence-electron chi connectivity index (χ1n) is 7.51. The van der Waals surface area contributed by atoms with Crippen molar-refractivity contribution >= 4 is 19.7 Å². The fourth-order valence-corrected chi connectivity index (χ4v) is 7.40. The second-order valence-corrected chi connectivity index (χ2v) is 10.7. The molecule has 130 valence electrons. The van der Waals surface area contributed by atoms with Gasteiger partial charge in [-0.15, -0.1) is 0 Å². The van der Waals surface area contributed by atoms with E-state index in [0.717, 1.165) is 5.56 Å². The second-order valence-electron chi connectivity index (χ2n) is 6.34. The molecule has 6 nitrogen and oxygen atoms in total. The number of rotatable bonds is 6. The van der Waals surface area contributed by atoms with E-state index in [-0.39, 0.29) is 16.4 Å². The molecule has 1 aliphatic heterocycles. The van der Waals surface area contributed by atoms with E-state index in [1.165, 1.54) is 0 Å². The maximum absolute atomic E-state index is 12.8. The lowest BCUT2D eigenvalue weighted by molar-refractivity contribution is 0.388. The number of hydrogen-bond donors (Lipinski definition) is 1. The molecule has 8 heteroatoms. The fourth-order valence-electron chi connectivity index (χ4n) is 2.69. The molecular formula is C15H24N2O4S2. The summed E-state index contributed by atoms with van der Waals surface area (Å²) in [4.78, 5) is 2.14. The van der Waals surface area contributed by atoms with Crippen LogP contribution < -0.4 is 5.32 Å². The normalized spacial score (nSPS) is 24.2. The van der Waals surface area contributed by atoms with E-state index < -0.39 is 31.0 Å². The van der Waals surface area contributed by atoms with E-state index in [4.69, 9.17) is 0 Å². The van der Waals surface area contributed by atoms with E-state index in [1.807, 2.05) is 25.9 Å². The predicted molar refractivity (Wildman–Crippen MR) is 91.2 cm³/mol. The third-order valence-electron chi connectivity index (χ3n) is 4.01. The zero-order chi connectivity index (χ0) is 17.3. The minimum atomic E-state index is -3.68. The summed E-state index contributed by atoms with van der Waals surface area (Å²) in [5.74, 6) is -0.445. The van der Waals surface area contributed by atoms with Crippen LogP contribution in [0.5, 0.6) is 0 Å². The van der Waals surface area contributed by atoms with Crippen LogP contribution in [-0.4, -0.2) is 71.7 Å². The highest BCUT2D eigenvalue weighted by Gasteiger charge is 2.45. The quantitative estimate of drug-likeness (QED) is 0.774. The number of benzene rings is 1. The topological polar surface area (TPSA) is 83.5 Å². The Balaban J connectivity index is 2.24. The fraction of sp³-hybridized carbons (Fsp3) is 0.600. The first-order valence-corrected chi connectivity index (χ1v) is 10.9. The van der Waals surface area contributed by atoms with Crippen molar-refractivity contribution in [1.29, 1.82) is 0 Å². The van der Waals surface area contributed by atoms with Crippen molar-refractivity contribution in [3.63, 3.8) is 0 Å². The monoisotopic (exact) mass is 360 g/mol. The Kier molecular flexibility index (Phi) is 5.50. The average molecular weight is 361 g/mol. The van der Waals surface area contributed by atoms with Crippen molar-refractivity contribution in [1.82, 2.24) is 10.2 Å². The predicted octanol–water partition coefficient (Wildman–Crippen LogP) is 0.0855. The summed E-state index contributed by atoms with van der Waals surface area (Å²) >= 11 is 0. The van der Waals surface area contributed by atoms with Gasteiger partial charge in [-0.1, -0.05) is 17.7 Å². The number of aryl methyl sites for hydroxylation is 1. The summed E-state index contributed by atoms with van der Waals surface area (Å²) in [6.45, 7) is 3.14. The van der Waals surface area contributed by atoms with Crippen LogP contribution in [0.15, 0.2) is 29.2 Å². The van der Waals surface area contributed by atoms with Gasteiger partial charge in [0.15, 0.2) is 19.7 Å². The lowest BCUT2D eigenvalue weighted by atomic mass is 10.2. The highest BCUT2D eigenvalue weighted by Crippen LogP contribution is 2.26. The van der Waals surface area contributed by atoms with Crippen molar-refractivity contribution in [2.45, 2.75) is 23.1 Å². The Bertz CT molecular complexity index is 740.